The van der Waals surface area contributed by atoms with Gasteiger partial charge in [0.2, 0.25) is 0 Å². The number of thiocarbonyl (C=S) groups is 1. The van der Waals surface area contributed by atoms with E-state index in [1.165, 1.54) is 37.8 Å². The summed E-state index contributed by atoms with van der Waals surface area (Å²) in [5, 5.41) is 7.07. The maximum absolute atomic E-state index is 5.32. The Morgan fingerprint density at radius 3 is 3.09 bits per heavy atom. The van der Waals surface area contributed by atoms with Gasteiger partial charge in [0, 0.05) is 25.3 Å². The second-order valence-corrected chi connectivity index (χ2v) is 6.45. The lowest BCUT2D eigenvalue weighted by atomic mass is 10.00. The van der Waals surface area contributed by atoms with Crippen molar-refractivity contribution in [2.75, 3.05) is 25.0 Å². The maximum Gasteiger partial charge on any atom is 0.171 e. The van der Waals surface area contributed by atoms with Crippen LogP contribution in [0.25, 0.3) is 0 Å². The number of piperidine rings is 1. The van der Waals surface area contributed by atoms with Gasteiger partial charge in [-0.3, -0.25) is 0 Å². The SMILES string of the molecule is CC[C@H]1CCCCN1CCCNC(=S)Nc1cc(C)ccn1. The second kappa shape index (κ2) is 9.06. The van der Waals surface area contributed by atoms with E-state index in [0.29, 0.717) is 5.11 Å². The normalized spacial score (nSPS) is 18.9. The molecule has 0 saturated carbocycles. The van der Waals surface area contributed by atoms with E-state index in [2.05, 4.69) is 27.4 Å². The van der Waals surface area contributed by atoms with E-state index in [0.717, 1.165) is 31.4 Å². The molecule has 1 saturated heterocycles. The van der Waals surface area contributed by atoms with Gasteiger partial charge < -0.3 is 15.5 Å². The lowest BCUT2D eigenvalue weighted by molar-refractivity contribution is 0.143. The van der Waals surface area contributed by atoms with Crippen molar-refractivity contribution in [2.45, 2.75) is 52.0 Å². The molecule has 0 radical (unpaired) electrons. The molecule has 0 amide bonds. The first-order chi connectivity index (χ1) is 10.7. The highest BCUT2D eigenvalue weighted by Crippen LogP contribution is 2.19. The van der Waals surface area contributed by atoms with Crippen LogP contribution in [-0.4, -0.2) is 40.7 Å². The number of aromatic nitrogens is 1. The van der Waals surface area contributed by atoms with Crippen LogP contribution in [-0.2, 0) is 0 Å². The lowest BCUT2D eigenvalue weighted by Gasteiger charge is -2.35. The van der Waals surface area contributed by atoms with Gasteiger partial charge in [-0.2, -0.15) is 0 Å². The molecular formula is C17H28N4S. The summed E-state index contributed by atoms with van der Waals surface area (Å²) in [5.74, 6) is 0.805. The molecule has 0 unspecified atom stereocenters. The second-order valence-electron chi connectivity index (χ2n) is 6.05. The van der Waals surface area contributed by atoms with Crippen molar-refractivity contribution in [1.82, 2.24) is 15.2 Å². The van der Waals surface area contributed by atoms with Crippen LogP contribution < -0.4 is 10.6 Å². The number of rotatable bonds is 6. The van der Waals surface area contributed by atoms with Crippen LogP contribution in [0.3, 0.4) is 0 Å². The predicted molar refractivity (Wildman–Crippen MR) is 97.3 cm³/mol. The molecule has 0 aliphatic carbocycles. The smallest absolute Gasteiger partial charge is 0.171 e. The number of hydrogen-bond acceptors (Lipinski definition) is 3. The number of pyridine rings is 1. The van der Waals surface area contributed by atoms with Gasteiger partial charge >= 0.3 is 0 Å². The van der Waals surface area contributed by atoms with E-state index in [1.807, 2.05) is 19.1 Å². The average molecular weight is 321 g/mol. The highest BCUT2D eigenvalue weighted by atomic mass is 32.1. The van der Waals surface area contributed by atoms with Crippen LogP contribution in [0.1, 0.15) is 44.6 Å². The largest absolute Gasteiger partial charge is 0.362 e. The summed E-state index contributed by atoms with van der Waals surface area (Å²) in [5.41, 5.74) is 1.18. The van der Waals surface area contributed by atoms with Gasteiger partial charge in [-0.05, 0) is 69.1 Å². The standard InChI is InChI=1S/C17H28N4S/c1-3-15-7-4-5-11-21(15)12-6-9-19-17(22)20-16-13-14(2)8-10-18-16/h8,10,13,15H,3-7,9,11-12H2,1-2H3,(H2,18,19,20,22)/t15-/m0/s1. The molecular weight excluding hydrogens is 292 g/mol. The van der Waals surface area contributed by atoms with Crippen LogP contribution in [0.5, 0.6) is 0 Å². The Kier molecular flexibility index (Phi) is 7.06. The molecule has 1 fully saturated rings. The Morgan fingerprint density at radius 1 is 1.45 bits per heavy atom. The van der Waals surface area contributed by atoms with E-state index in [9.17, 15) is 0 Å². The summed E-state index contributed by atoms with van der Waals surface area (Å²) in [6, 6.07) is 4.76. The Labute approximate surface area is 139 Å². The number of likely N-dealkylation sites (tertiary alicyclic amines) is 1. The van der Waals surface area contributed by atoms with Gasteiger partial charge in [-0.1, -0.05) is 13.3 Å². The molecule has 22 heavy (non-hydrogen) atoms. The fourth-order valence-corrected chi connectivity index (χ4v) is 3.27. The highest BCUT2D eigenvalue weighted by Gasteiger charge is 2.19. The number of nitrogens with zero attached hydrogens (tertiary/aromatic N) is 2. The molecule has 2 rings (SSSR count). The van der Waals surface area contributed by atoms with Crippen molar-refractivity contribution in [3.8, 4) is 0 Å². The van der Waals surface area contributed by atoms with E-state index in [1.54, 1.807) is 6.20 Å². The molecule has 1 aromatic rings. The van der Waals surface area contributed by atoms with Crippen molar-refractivity contribution < 1.29 is 0 Å². The Balaban J connectivity index is 1.64. The molecule has 2 heterocycles. The van der Waals surface area contributed by atoms with Crippen LogP contribution >= 0.6 is 12.2 Å². The molecule has 4 nitrogen and oxygen atoms in total. The first-order valence-corrected chi connectivity index (χ1v) is 8.81. The van der Waals surface area contributed by atoms with Crippen molar-refractivity contribution >= 4 is 23.1 Å². The van der Waals surface area contributed by atoms with E-state index < -0.39 is 0 Å². The Hall–Kier alpha value is -1.20. The molecule has 1 atom stereocenters. The average Bonchev–Trinajstić information content (AvgIpc) is 2.52. The van der Waals surface area contributed by atoms with Crippen LogP contribution in [0.2, 0.25) is 0 Å². The molecule has 1 aromatic heterocycles. The highest BCUT2D eigenvalue weighted by molar-refractivity contribution is 7.80. The van der Waals surface area contributed by atoms with Crippen LogP contribution in [0.15, 0.2) is 18.3 Å². The molecule has 0 bridgehead atoms. The first kappa shape index (κ1) is 17.2. The number of hydrogen-bond donors (Lipinski definition) is 2. The summed E-state index contributed by atoms with van der Waals surface area (Å²) >= 11 is 5.32. The van der Waals surface area contributed by atoms with Crippen molar-refractivity contribution in [2.24, 2.45) is 0 Å². The minimum absolute atomic E-state index is 0.656. The van der Waals surface area contributed by atoms with Gasteiger partial charge in [0.1, 0.15) is 5.82 Å². The number of anilines is 1. The van der Waals surface area contributed by atoms with E-state index in [4.69, 9.17) is 12.2 Å². The molecule has 2 N–H and O–H groups in total. The first-order valence-electron chi connectivity index (χ1n) is 8.40. The van der Waals surface area contributed by atoms with Gasteiger partial charge in [0.25, 0.3) is 0 Å². The zero-order valence-electron chi connectivity index (χ0n) is 13.8. The summed E-state index contributed by atoms with van der Waals surface area (Å²) in [7, 11) is 0. The topological polar surface area (TPSA) is 40.2 Å². The van der Waals surface area contributed by atoms with Gasteiger partial charge in [-0.15, -0.1) is 0 Å². The molecule has 5 heteroatoms. The molecule has 0 spiro atoms. The Morgan fingerprint density at radius 2 is 2.32 bits per heavy atom. The summed E-state index contributed by atoms with van der Waals surface area (Å²) in [4.78, 5) is 6.90. The van der Waals surface area contributed by atoms with Gasteiger partial charge in [-0.25, -0.2) is 4.98 Å². The third-order valence-electron chi connectivity index (χ3n) is 4.29. The van der Waals surface area contributed by atoms with Gasteiger partial charge in [0.15, 0.2) is 5.11 Å². The van der Waals surface area contributed by atoms with E-state index >= 15 is 0 Å². The van der Waals surface area contributed by atoms with Crippen molar-refractivity contribution in [3.05, 3.63) is 23.9 Å². The third-order valence-corrected chi connectivity index (χ3v) is 4.53. The van der Waals surface area contributed by atoms with Gasteiger partial charge in [0.05, 0.1) is 0 Å². The predicted octanol–water partition coefficient (Wildman–Crippen LogP) is 3.33. The Bertz CT molecular complexity index is 477. The quantitative estimate of drug-likeness (QED) is 0.621. The maximum atomic E-state index is 5.32. The van der Waals surface area contributed by atoms with Crippen LogP contribution in [0.4, 0.5) is 5.82 Å². The minimum atomic E-state index is 0.656. The van der Waals surface area contributed by atoms with Crippen molar-refractivity contribution in [3.63, 3.8) is 0 Å². The fourth-order valence-electron chi connectivity index (χ4n) is 3.07. The fraction of sp³-hybridized carbons (Fsp3) is 0.647. The molecule has 0 aromatic carbocycles. The van der Waals surface area contributed by atoms with Crippen molar-refractivity contribution in [1.29, 1.82) is 0 Å². The lowest BCUT2D eigenvalue weighted by Crippen LogP contribution is -2.41. The third kappa shape index (κ3) is 5.54. The summed E-state index contributed by atoms with van der Waals surface area (Å²) < 4.78 is 0. The number of nitrogens with one attached hydrogen (secondary N) is 2. The van der Waals surface area contributed by atoms with E-state index in [-0.39, 0.29) is 0 Å². The zero-order chi connectivity index (χ0) is 15.8. The monoisotopic (exact) mass is 320 g/mol. The molecule has 1 aliphatic rings. The number of aryl methyl sites for hydroxylation is 1. The summed E-state index contributed by atoms with van der Waals surface area (Å²) in [6.07, 6.45) is 8.30. The molecule has 1 aliphatic heterocycles. The van der Waals surface area contributed by atoms with Crippen LogP contribution in [0, 0.1) is 6.92 Å². The zero-order valence-corrected chi connectivity index (χ0v) is 14.6. The molecule has 122 valence electrons. The summed E-state index contributed by atoms with van der Waals surface area (Å²) in [6.45, 7) is 7.68. The minimum Gasteiger partial charge on any atom is -0.362 e.